The van der Waals surface area contributed by atoms with Crippen molar-refractivity contribution < 1.29 is 18.8 Å². The van der Waals surface area contributed by atoms with Gasteiger partial charge in [-0.2, -0.15) is 5.10 Å². The van der Waals surface area contributed by atoms with Crippen LogP contribution in [0.5, 0.6) is 0 Å². The van der Waals surface area contributed by atoms with E-state index in [-0.39, 0.29) is 18.1 Å². The Morgan fingerprint density at radius 3 is 2.58 bits per heavy atom. The fourth-order valence-corrected chi connectivity index (χ4v) is 3.12. The van der Waals surface area contributed by atoms with Crippen molar-refractivity contribution in [3.05, 3.63) is 87.7 Å². The summed E-state index contributed by atoms with van der Waals surface area (Å²) in [6.45, 7) is 2.81. The van der Waals surface area contributed by atoms with Gasteiger partial charge < -0.3 is 9.57 Å². The molecule has 4 rings (SSSR count). The van der Waals surface area contributed by atoms with E-state index in [1.807, 2.05) is 19.9 Å². The Hall–Kier alpha value is -4.01. The predicted molar refractivity (Wildman–Crippen MR) is 110 cm³/mol. The zero-order chi connectivity index (χ0) is 22.0. The number of nitrogens with zero attached hydrogens (tertiary/aromatic N) is 4. The number of ether oxygens (including phenoxy) is 1. The molecule has 0 amide bonds. The molecule has 0 spiro atoms. The highest BCUT2D eigenvalue weighted by atomic mass is 19.1. The Morgan fingerprint density at radius 2 is 1.84 bits per heavy atom. The monoisotopic (exact) mass is 422 g/mol. The van der Waals surface area contributed by atoms with E-state index in [2.05, 4.69) is 10.1 Å². The summed E-state index contributed by atoms with van der Waals surface area (Å²) in [6.07, 6.45) is 0. The molecule has 31 heavy (non-hydrogen) atoms. The number of aryl methyl sites for hydroxylation is 2. The maximum atomic E-state index is 13.7. The van der Waals surface area contributed by atoms with Crippen LogP contribution in [0.4, 0.5) is 4.39 Å². The Bertz CT molecular complexity index is 1330. The maximum Gasteiger partial charge on any atom is 0.347 e. The van der Waals surface area contributed by atoms with Gasteiger partial charge in [0.2, 0.25) is 6.61 Å². The minimum Gasteiger partial charge on any atom is -0.458 e. The van der Waals surface area contributed by atoms with Crippen LogP contribution in [-0.4, -0.2) is 32.1 Å². The Kier molecular flexibility index (Phi) is 5.48. The van der Waals surface area contributed by atoms with Crippen molar-refractivity contribution in [1.82, 2.24) is 19.5 Å². The van der Waals surface area contributed by atoms with Crippen LogP contribution in [0.15, 0.2) is 59.4 Å². The number of fused-ring (bicyclic) bond motifs is 1. The lowest BCUT2D eigenvalue weighted by molar-refractivity contribution is -0.150. The fourth-order valence-electron chi connectivity index (χ4n) is 3.12. The number of halogens is 1. The number of hydrogen-bond donors (Lipinski definition) is 0. The second kappa shape index (κ2) is 8.39. The van der Waals surface area contributed by atoms with Crippen LogP contribution in [0.3, 0.4) is 0 Å². The molecule has 158 valence electrons. The molecule has 0 aliphatic heterocycles. The molecule has 2 heterocycles. The van der Waals surface area contributed by atoms with Gasteiger partial charge in [-0.15, -0.1) is 4.73 Å². The van der Waals surface area contributed by atoms with Crippen LogP contribution in [0.25, 0.3) is 16.9 Å². The van der Waals surface area contributed by atoms with E-state index >= 15 is 0 Å². The first-order chi connectivity index (χ1) is 14.9. The first-order valence-corrected chi connectivity index (χ1v) is 9.52. The summed E-state index contributed by atoms with van der Waals surface area (Å²) in [5.41, 5.74) is 1.69. The molecule has 9 heteroatoms. The van der Waals surface area contributed by atoms with Gasteiger partial charge in [0, 0.05) is 11.3 Å². The predicted octanol–water partition coefficient (Wildman–Crippen LogP) is 2.51. The third-order valence-electron chi connectivity index (χ3n) is 4.58. The second-order valence-electron chi connectivity index (χ2n) is 6.89. The van der Waals surface area contributed by atoms with Crippen LogP contribution >= 0.6 is 0 Å². The standard InChI is InChI=1S/C22H19FN4O4/c1-14-11-15(2)26(25-14)22-24-19-10-6-4-8-17(19)21(29)27(22)31-13-20(28)30-12-16-7-3-5-9-18(16)23/h3-11H,12-13H2,1-2H3. The van der Waals surface area contributed by atoms with Crippen LogP contribution in [0.2, 0.25) is 0 Å². The summed E-state index contributed by atoms with van der Waals surface area (Å²) in [5, 5.41) is 4.68. The number of esters is 1. The molecule has 0 unspecified atom stereocenters. The van der Waals surface area contributed by atoms with Gasteiger partial charge in [0.15, 0.2) is 0 Å². The highest BCUT2D eigenvalue weighted by molar-refractivity contribution is 5.78. The van der Waals surface area contributed by atoms with Crippen molar-refractivity contribution in [3.8, 4) is 5.95 Å². The van der Waals surface area contributed by atoms with Crippen LogP contribution in [0.1, 0.15) is 17.0 Å². The first kappa shape index (κ1) is 20.3. The molecule has 0 radical (unpaired) electrons. The van der Waals surface area contributed by atoms with Gasteiger partial charge in [-0.3, -0.25) is 4.79 Å². The van der Waals surface area contributed by atoms with Crippen LogP contribution < -0.4 is 10.4 Å². The zero-order valence-electron chi connectivity index (χ0n) is 16.9. The molecule has 0 N–H and O–H groups in total. The zero-order valence-corrected chi connectivity index (χ0v) is 16.9. The topological polar surface area (TPSA) is 88.2 Å². The van der Waals surface area contributed by atoms with Crippen molar-refractivity contribution in [1.29, 1.82) is 0 Å². The Balaban J connectivity index is 1.62. The highest BCUT2D eigenvalue weighted by Gasteiger charge is 2.18. The second-order valence-corrected chi connectivity index (χ2v) is 6.89. The highest BCUT2D eigenvalue weighted by Crippen LogP contribution is 2.13. The average molecular weight is 422 g/mol. The quantitative estimate of drug-likeness (QED) is 0.444. The van der Waals surface area contributed by atoms with Crippen LogP contribution in [0, 0.1) is 19.7 Å². The van der Waals surface area contributed by atoms with E-state index in [9.17, 15) is 14.0 Å². The number of benzene rings is 2. The normalized spacial score (nSPS) is 10.9. The lowest BCUT2D eigenvalue weighted by Gasteiger charge is -2.14. The Labute approximate surface area is 176 Å². The molecule has 0 saturated heterocycles. The summed E-state index contributed by atoms with van der Waals surface area (Å²) in [7, 11) is 0. The molecule has 0 bridgehead atoms. The molecule has 8 nitrogen and oxygen atoms in total. The van der Waals surface area contributed by atoms with Crippen LogP contribution in [-0.2, 0) is 16.1 Å². The lowest BCUT2D eigenvalue weighted by Crippen LogP contribution is -2.35. The molecule has 2 aromatic heterocycles. The molecule has 4 aromatic rings. The number of hydrogen-bond acceptors (Lipinski definition) is 6. The molecule has 0 atom stereocenters. The van der Waals surface area contributed by atoms with Gasteiger partial charge in [0.1, 0.15) is 12.4 Å². The third-order valence-corrected chi connectivity index (χ3v) is 4.58. The number of rotatable bonds is 6. The van der Waals surface area contributed by atoms with Crippen molar-refractivity contribution >= 4 is 16.9 Å². The lowest BCUT2D eigenvalue weighted by atomic mass is 10.2. The number of aromatic nitrogens is 4. The summed E-state index contributed by atoms with van der Waals surface area (Å²) < 4.78 is 21.1. The van der Waals surface area contributed by atoms with E-state index in [4.69, 9.17) is 9.57 Å². The minimum absolute atomic E-state index is 0.108. The Morgan fingerprint density at radius 1 is 1.10 bits per heavy atom. The number of carbonyl (C=O) groups excluding carboxylic acids is 1. The van der Waals surface area contributed by atoms with E-state index in [0.717, 1.165) is 16.1 Å². The molecule has 0 saturated carbocycles. The number of carbonyl (C=O) groups is 1. The van der Waals surface area contributed by atoms with Gasteiger partial charge in [0.25, 0.3) is 11.5 Å². The maximum absolute atomic E-state index is 13.7. The van der Waals surface area contributed by atoms with E-state index in [0.29, 0.717) is 10.9 Å². The van der Waals surface area contributed by atoms with E-state index in [1.165, 1.54) is 16.8 Å². The van der Waals surface area contributed by atoms with Gasteiger partial charge in [-0.25, -0.2) is 18.9 Å². The van der Waals surface area contributed by atoms with Gasteiger partial charge in [0.05, 0.1) is 16.6 Å². The van der Waals surface area contributed by atoms with E-state index < -0.39 is 24.0 Å². The average Bonchev–Trinajstić information content (AvgIpc) is 3.10. The molecule has 0 aliphatic rings. The molecular weight excluding hydrogens is 403 g/mol. The minimum atomic E-state index is -0.761. The van der Waals surface area contributed by atoms with E-state index in [1.54, 1.807) is 36.4 Å². The van der Waals surface area contributed by atoms with Gasteiger partial charge >= 0.3 is 5.97 Å². The van der Waals surface area contributed by atoms with Crippen molar-refractivity contribution in [3.63, 3.8) is 0 Å². The summed E-state index contributed by atoms with van der Waals surface area (Å²) in [4.78, 5) is 35.2. The SMILES string of the molecule is Cc1cc(C)n(-c2nc3ccccc3c(=O)n2OCC(=O)OCc2ccccc2F)n1. The van der Waals surface area contributed by atoms with Crippen molar-refractivity contribution in [2.45, 2.75) is 20.5 Å². The third kappa shape index (κ3) is 4.16. The first-order valence-electron chi connectivity index (χ1n) is 9.52. The smallest absolute Gasteiger partial charge is 0.347 e. The van der Waals surface area contributed by atoms with Crippen molar-refractivity contribution in [2.75, 3.05) is 6.61 Å². The number of para-hydroxylation sites is 1. The summed E-state index contributed by atoms with van der Waals surface area (Å²) >= 11 is 0. The fraction of sp³-hybridized carbons (Fsp3) is 0.182. The molecular formula is C22H19FN4O4. The summed E-state index contributed by atoms with van der Waals surface area (Å²) in [5.74, 6) is -1.13. The molecule has 0 aliphatic carbocycles. The van der Waals surface area contributed by atoms with Gasteiger partial charge in [-0.1, -0.05) is 30.3 Å². The largest absolute Gasteiger partial charge is 0.458 e. The van der Waals surface area contributed by atoms with Gasteiger partial charge in [-0.05, 0) is 38.1 Å². The molecule has 2 aromatic carbocycles. The molecule has 0 fully saturated rings. The summed E-state index contributed by atoms with van der Waals surface area (Å²) in [6, 6.07) is 14.6. The van der Waals surface area contributed by atoms with Crippen molar-refractivity contribution in [2.24, 2.45) is 0 Å².